The van der Waals surface area contributed by atoms with Gasteiger partial charge in [-0.2, -0.15) is 0 Å². The van der Waals surface area contributed by atoms with Crippen LogP contribution < -0.4 is 10.9 Å². The molecular formula is C18H14ClN5O5. The molecule has 1 aromatic heterocycles. The molecule has 0 bridgehead atoms. The summed E-state index contributed by atoms with van der Waals surface area (Å²) in [7, 11) is 0. The molecule has 0 radical (unpaired) electrons. The van der Waals surface area contributed by atoms with E-state index in [0.717, 1.165) is 24.4 Å². The number of nitrogens with zero attached hydrogens (tertiary/aromatic N) is 3. The van der Waals surface area contributed by atoms with Crippen LogP contribution in [0.15, 0.2) is 52.3 Å². The number of aromatic amines is 1. The molecular weight excluding hydrogens is 402 g/mol. The molecule has 2 aromatic carbocycles. The molecule has 0 aliphatic heterocycles. The number of rotatable bonds is 4. The molecule has 0 saturated heterocycles. The average Bonchev–Trinajstić information content (AvgIpc) is 2.95. The van der Waals surface area contributed by atoms with Crippen LogP contribution in [0.25, 0.3) is 5.69 Å². The number of benzene rings is 2. The summed E-state index contributed by atoms with van der Waals surface area (Å²) in [5.41, 5.74) is 0.181. The molecule has 0 fully saturated rings. The van der Waals surface area contributed by atoms with Gasteiger partial charge in [0.05, 0.1) is 21.9 Å². The van der Waals surface area contributed by atoms with Crippen LogP contribution in [0, 0.1) is 17.0 Å². The monoisotopic (exact) mass is 415 g/mol. The first-order valence-electron chi connectivity index (χ1n) is 8.16. The zero-order valence-corrected chi connectivity index (χ0v) is 15.7. The number of aromatic hydroxyl groups is 1. The number of aryl methyl sites for hydroxylation is 1. The van der Waals surface area contributed by atoms with Gasteiger partial charge in [0, 0.05) is 29.1 Å². The molecule has 3 aromatic rings. The van der Waals surface area contributed by atoms with Crippen LogP contribution in [0.2, 0.25) is 5.02 Å². The van der Waals surface area contributed by atoms with Gasteiger partial charge in [0.1, 0.15) is 5.75 Å². The number of hydrogen-bond donors (Lipinski definition) is 3. The fourth-order valence-corrected chi connectivity index (χ4v) is 2.70. The first-order valence-corrected chi connectivity index (χ1v) is 8.54. The number of H-pyrrole nitrogens is 1. The SMILES string of the molecule is Cc1[nH]n(-c2cccc(Cl)c2)c(=O)c1/C=N/C(=O)Nc1cc([N+](=O)[O-])ccc1O. The Morgan fingerprint density at radius 2 is 2.10 bits per heavy atom. The van der Waals surface area contributed by atoms with E-state index in [9.17, 15) is 24.8 Å². The van der Waals surface area contributed by atoms with Crippen LogP contribution >= 0.6 is 11.6 Å². The lowest BCUT2D eigenvalue weighted by molar-refractivity contribution is -0.384. The molecule has 0 unspecified atom stereocenters. The maximum Gasteiger partial charge on any atom is 0.345 e. The number of aromatic nitrogens is 2. The number of nitro groups is 1. The lowest BCUT2D eigenvalue weighted by atomic mass is 10.2. The second-order valence-electron chi connectivity index (χ2n) is 5.92. The topological polar surface area (TPSA) is 143 Å². The van der Waals surface area contributed by atoms with Crippen LogP contribution in [-0.4, -0.2) is 32.1 Å². The zero-order chi connectivity index (χ0) is 21.1. The van der Waals surface area contributed by atoms with E-state index < -0.39 is 16.5 Å². The minimum atomic E-state index is -0.921. The maximum atomic E-state index is 12.6. The Hall–Kier alpha value is -3.92. The molecule has 11 heteroatoms. The normalized spacial score (nSPS) is 11.0. The summed E-state index contributed by atoms with van der Waals surface area (Å²) in [5.74, 6) is -0.361. The maximum absolute atomic E-state index is 12.6. The molecule has 3 rings (SSSR count). The minimum absolute atomic E-state index is 0.142. The molecule has 0 spiro atoms. The number of phenols is 1. The van der Waals surface area contributed by atoms with Crippen molar-refractivity contribution < 1.29 is 14.8 Å². The molecule has 2 amide bonds. The quantitative estimate of drug-likeness (QED) is 0.259. The third-order valence-corrected chi connectivity index (χ3v) is 4.16. The number of halogens is 1. The van der Waals surface area contributed by atoms with Crippen molar-refractivity contribution in [2.24, 2.45) is 4.99 Å². The van der Waals surface area contributed by atoms with Gasteiger partial charge in [-0.3, -0.25) is 20.0 Å². The van der Waals surface area contributed by atoms with Crippen LogP contribution in [0.5, 0.6) is 5.75 Å². The van der Waals surface area contributed by atoms with E-state index in [1.165, 1.54) is 4.68 Å². The summed E-state index contributed by atoms with van der Waals surface area (Å²) in [6.45, 7) is 1.63. The Balaban J connectivity index is 1.84. The van der Waals surface area contributed by atoms with Gasteiger partial charge in [0.15, 0.2) is 0 Å². The van der Waals surface area contributed by atoms with Gasteiger partial charge in [-0.1, -0.05) is 17.7 Å². The van der Waals surface area contributed by atoms with Crippen LogP contribution in [0.1, 0.15) is 11.3 Å². The first-order chi connectivity index (χ1) is 13.8. The second kappa shape index (κ2) is 7.98. The highest BCUT2D eigenvalue weighted by molar-refractivity contribution is 6.30. The molecule has 0 aliphatic carbocycles. The van der Waals surface area contributed by atoms with E-state index in [4.69, 9.17) is 11.6 Å². The lowest BCUT2D eigenvalue weighted by Gasteiger charge is -2.04. The number of carbonyl (C=O) groups is 1. The summed E-state index contributed by atoms with van der Waals surface area (Å²) >= 11 is 5.95. The Labute approximate surface area is 168 Å². The van der Waals surface area contributed by atoms with E-state index >= 15 is 0 Å². The van der Waals surface area contributed by atoms with Gasteiger partial charge in [0.2, 0.25) is 0 Å². The van der Waals surface area contributed by atoms with Gasteiger partial charge in [0.25, 0.3) is 11.2 Å². The summed E-state index contributed by atoms with van der Waals surface area (Å²) < 4.78 is 1.26. The number of anilines is 1. The highest BCUT2D eigenvalue weighted by atomic mass is 35.5. The highest BCUT2D eigenvalue weighted by Gasteiger charge is 2.14. The van der Waals surface area contributed by atoms with E-state index in [1.54, 1.807) is 31.2 Å². The fraction of sp³-hybridized carbons (Fsp3) is 0.0556. The third-order valence-electron chi connectivity index (χ3n) is 3.93. The molecule has 0 aliphatic rings. The number of carbonyl (C=O) groups excluding carboxylic acids is 1. The van der Waals surface area contributed by atoms with Crippen molar-refractivity contribution in [1.29, 1.82) is 0 Å². The number of hydrogen-bond acceptors (Lipinski definition) is 5. The van der Waals surface area contributed by atoms with Crippen molar-refractivity contribution in [1.82, 2.24) is 9.78 Å². The van der Waals surface area contributed by atoms with Crippen molar-refractivity contribution in [3.05, 3.63) is 79.2 Å². The highest BCUT2D eigenvalue weighted by Crippen LogP contribution is 2.27. The molecule has 1 heterocycles. The van der Waals surface area contributed by atoms with E-state index in [2.05, 4.69) is 15.4 Å². The molecule has 3 N–H and O–H groups in total. The Kier molecular flexibility index (Phi) is 5.46. The van der Waals surface area contributed by atoms with Gasteiger partial charge >= 0.3 is 6.03 Å². The Morgan fingerprint density at radius 3 is 2.79 bits per heavy atom. The van der Waals surface area contributed by atoms with Gasteiger partial charge in [-0.25, -0.2) is 14.5 Å². The van der Waals surface area contributed by atoms with Crippen molar-refractivity contribution >= 4 is 35.2 Å². The largest absolute Gasteiger partial charge is 0.506 e. The van der Waals surface area contributed by atoms with Crippen molar-refractivity contribution in [2.45, 2.75) is 6.92 Å². The number of phenolic OH excluding ortho intramolecular Hbond substituents is 1. The Bertz CT molecular complexity index is 1200. The predicted molar refractivity (Wildman–Crippen MR) is 108 cm³/mol. The van der Waals surface area contributed by atoms with Crippen LogP contribution in [-0.2, 0) is 0 Å². The van der Waals surface area contributed by atoms with Crippen LogP contribution in [0.4, 0.5) is 16.2 Å². The molecule has 10 nitrogen and oxygen atoms in total. The lowest BCUT2D eigenvalue weighted by Crippen LogP contribution is -2.17. The zero-order valence-electron chi connectivity index (χ0n) is 14.9. The van der Waals surface area contributed by atoms with Gasteiger partial charge < -0.3 is 10.4 Å². The fourth-order valence-electron chi connectivity index (χ4n) is 2.52. The number of amides is 2. The first kappa shape index (κ1) is 19.8. The van der Waals surface area contributed by atoms with Gasteiger partial charge in [-0.15, -0.1) is 0 Å². The van der Waals surface area contributed by atoms with Crippen molar-refractivity contribution in [3.8, 4) is 11.4 Å². The van der Waals surface area contributed by atoms with Gasteiger partial charge in [-0.05, 0) is 31.2 Å². The standard InChI is InChI=1S/C18H14ClN5O5/c1-10-14(17(26)23(22-10)12-4-2-3-11(19)7-12)9-20-18(27)21-15-8-13(24(28)29)5-6-16(15)25/h2-9,22,25H,1H3,(H,21,27)/b20-9+. The number of nitrogens with one attached hydrogen (secondary N) is 2. The number of nitro benzene ring substituents is 1. The summed E-state index contributed by atoms with van der Waals surface area (Å²) in [4.78, 5) is 38.4. The number of urea groups is 1. The smallest absolute Gasteiger partial charge is 0.345 e. The predicted octanol–water partition coefficient (Wildman–Crippen LogP) is 3.39. The van der Waals surface area contributed by atoms with E-state index in [1.807, 2.05) is 0 Å². The van der Waals surface area contributed by atoms with Crippen LogP contribution in [0.3, 0.4) is 0 Å². The van der Waals surface area contributed by atoms with E-state index in [0.29, 0.717) is 16.4 Å². The van der Waals surface area contributed by atoms with E-state index in [-0.39, 0.29) is 22.7 Å². The summed E-state index contributed by atoms with van der Waals surface area (Å²) in [6, 6.07) is 8.88. The summed E-state index contributed by atoms with van der Waals surface area (Å²) in [6.07, 6.45) is 1.07. The Morgan fingerprint density at radius 1 is 1.34 bits per heavy atom. The molecule has 0 atom stereocenters. The third kappa shape index (κ3) is 4.33. The molecule has 29 heavy (non-hydrogen) atoms. The average molecular weight is 416 g/mol. The molecule has 148 valence electrons. The number of non-ortho nitro benzene ring substituents is 1. The summed E-state index contributed by atoms with van der Waals surface area (Å²) in [5, 5.41) is 26.1. The number of aliphatic imine (C=N–C) groups is 1. The minimum Gasteiger partial charge on any atom is -0.506 e. The molecule has 0 saturated carbocycles. The van der Waals surface area contributed by atoms with Crippen molar-refractivity contribution in [3.63, 3.8) is 0 Å². The van der Waals surface area contributed by atoms with Crippen molar-refractivity contribution in [2.75, 3.05) is 5.32 Å². The second-order valence-corrected chi connectivity index (χ2v) is 6.35.